The number of ketones is 2. The van der Waals surface area contributed by atoms with E-state index < -0.39 is 27.8 Å². The van der Waals surface area contributed by atoms with Crippen molar-refractivity contribution in [2.45, 2.75) is 40.2 Å². The summed E-state index contributed by atoms with van der Waals surface area (Å²) in [6, 6.07) is 3.49. The molecule has 2 aliphatic carbocycles. The maximum Gasteiger partial charge on any atom is 0.235 e. The van der Waals surface area contributed by atoms with Gasteiger partial charge in [-0.25, -0.2) is 0 Å². The number of furan rings is 1. The van der Waals surface area contributed by atoms with Crippen molar-refractivity contribution in [3.63, 3.8) is 0 Å². The van der Waals surface area contributed by atoms with E-state index in [0.717, 1.165) is 0 Å². The summed E-state index contributed by atoms with van der Waals surface area (Å²) in [7, 11) is 0. The van der Waals surface area contributed by atoms with Crippen molar-refractivity contribution in [1.82, 2.24) is 5.32 Å². The maximum atomic E-state index is 12.7. The van der Waals surface area contributed by atoms with Crippen LogP contribution in [0.3, 0.4) is 0 Å². The molecule has 1 amide bonds. The van der Waals surface area contributed by atoms with Crippen LogP contribution in [0.1, 0.15) is 39.4 Å². The SMILES string of the molecule is CC1(C)[C@]2(C(=O)NCc3ccco3)CC[C@]1(C)C(=O)C2=O. The zero-order chi connectivity index (χ0) is 15.5. The molecule has 0 aliphatic heterocycles. The number of fused-ring (bicyclic) bond motifs is 2. The highest BCUT2D eigenvalue weighted by Gasteiger charge is 2.77. The molecule has 112 valence electrons. The molecule has 2 aliphatic rings. The molecule has 5 heteroatoms. The van der Waals surface area contributed by atoms with Gasteiger partial charge >= 0.3 is 0 Å². The summed E-state index contributed by atoms with van der Waals surface area (Å²) < 4.78 is 5.18. The average Bonchev–Trinajstić information content (AvgIpc) is 3.04. The number of hydrogen-bond acceptors (Lipinski definition) is 4. The number of rotatable bonds is 3. The van der Waals surface area contributed by atoms with Crippen molar-refractivity contribution in [3.8, 4) is 0 Å². The van der Waals surface area contributed by atoms with E-state index in [1.54, 1.807) is 12.1 Å². The first-order chi connectivity index (χ1) is 9.77. The molecular weight excluding hydrogens is 270 g/mol. The van der Waals surface area contributed by atoms with Crippen LogP contribution >= 0.6 is 0 Å². The molecule has 0 saturated heterocycles. The quantitative estimate of drug-likeness (QED) is 0.680. The van der Waals surface area contributed by atoms with Crippen LogP contribution in [0.15, 0.2) is 22.8 Å². The monoisotopic (exact) mass is 289 g/mol. The molecule has 0 radical (unpaired) electrons. The Kier molecular flexibility index (Phi) is 2.71. The fraction of sp³-hybridized carbons (Fsp3) is 0.562. The van der Waals surface area contributed by atoms with Crippen LogP contribution in [0, 0.1) is 16.2 Å². The molecule has 1 heterocycles. The van der Waals surface area contributed by atoms with Crippen LogP contribution in [-0.4, -0.2) is 17.5 Å². The Labute approximate surface area is 123 Å². The molecule has 0 spiro atoms. The maximum absolute atomic E-state index is 12.7. The molecule has 2 saturated carbocycles. The Morgan fingerprint density at radius 3 is 2.48 bits per heavy atom. The molecule has 0 unspecified atom stereocenters. The lowest BCUT2D eigenvalue weighted by Gasteiger charge is -2.37. The van der Waals surface area contributed by atoms with E-state index in [9.17, 15) is 14.4 Å². The van der Waals surface area contributed by atoms with E-state index in [1.807, 2.05) is 20.8 Å². The summed E-state index contributed by atoms with van der Waals surface area (Å²) in [6.45, 7) is 5.74. The number of Topliss-reactive ketones (excluding diaryl/α,β-unsaturated/α-hetero) is 2. The van der Waals surface area contributed by atoms with Crippen LogP contribution in [0.25, 0.3) is 0 Å². The second-order valence-corrected chi connectivity index (χ2v) is 6.78. The first kappa shape index (κ1) is 14.0. The van der Waals surface area contributed by atoms with Gasteiger partial charge in [-0.15, -0.1) is 0 Å². The lowest BCUT2D eigenvalue weighted by Crippen LogP contribution is -2.50. The Morgan fingerprint density at radius 1 is 1.24 bits per heavy atom. The van der Waals surface area contributed by atoms with Gasteiger partial charge in [0.2, 0.25) is 17.5 Å². The minimum atomic E-state index is -1.23. The molecule has 1 aromatic rings. The smallest absolute Gasteiger partial charge is 0.235 e. The van der Waals surface area contributed by atoms with E-state index in [2.05, 4.69) is 5.32 Å². The highest BCUT2D eigenvalue weighted by atomic mass is 16.3. The molecule has 2 bridgehead atoms. The van der Waals surface area contributed by atoms with E-state index in [1.165, 1.54) is 6.26 Å². The number of nitrogens with one attached hydrogen (secondary N) is 1. The van der Waals surface area contributed by atoms with Gasteiger partial charge < -0.3 is 9.73 Å². The number of amides is 1. The van der Waals surface area contributed by atoms with Gasteiger partial charge in [0.1, 0.15) is 11.2 Å². The zero-order valence-corrected chi connectivity index (χ0v) is 12.5. The second kappa shape index (κ2) is 4.06. The Bertz CT molecular complexity index is 631. The van der Waals surface area contributed by atoms with Crippen LogP contribution in [-0.2, 0) is 20.9 Å². The van der Waals surface area contributed by atoms with Crippen molar-refractivity contribution in [3.05, 3.63) is 24.2 Å². The molecular formula is C16H19NO4. The van der Waals surface area contributed by atoms with Gasteiger partial charge in [-0.05, 0) is 30.4 Å². The second-order valence-electron chi connectivity index (χ2n) is 6.78. The van der Waals surface area contributed by atoms with E-state index in [-0.39, 0.29) is 12.5 Å². The van der Waals surface area contributed by atoms with Crippen molar-refractivity contribution in [2.75, 3.05) is 0 Å². The third-order valence-electron chi connectivity index (χ3n) is 5.93. The van der Waals surface area contributed by atoms with Crippen LogP contribution in [0.2, 0.25) is 0 Å². The topological polar surface area (TPSA) is 76.4 Å². The Hall–Kier alpha value is -1.91. The number of carbonyl (C=O) groups excluding carboxylic acids is 3. The van der Waals surface area contributed by atoms with Gasteiger partial charge in [0.15, 0.2) is 0 Å². The zero-order valence-electron chi connectivity index (χ0n) is 12.5. The lowest BCUT2D eigenvalue weighted by atomic mass is 9.64. The Morgan fingerprint density at radius 2 is 1.95 bits per heavy atom. The minimum Gasteiger partial charge on any atom is -0.467 e. The van der Waals surface area contributed by atoms with E-state index in [4.69, 9.17) is 4.42 Å². The number of carbonyl (C=O) groups is 3. The van der Waals surface area contributed by atoms with Gasteiger partial charge in [-0.3, -0.25) is 14.4 Å². The molecule has 2 fully saturated rings. The molecule has 5 nitrogen and oxygen atoms in total. The standard InChI is InChI=1S/C16H19NO4/c1-14(2)15(3)6-7-16(14,12(19)11(15)18)13(20)17-9-10-5-4-8-21-10/h4-5,8H,6-7,9H2,1-3H3,(H,17,20)/t15-,16-/m1/s1. The fourth-order valence-electron chi connectivity index (χ4n) is 4.00. The highest BCUT2D eigenvalue weighted by Crippen LogP contribution is 2.68. The van der Waals surface area contributed by atoms with Gasteiger partial charge in [0.25, 0.3) is 0 Å². The van der Waals surface area contributed by atoms with Crippen molar-refractivity contribution in [1.29, 1.82) is 0 Å². The normalized spacial score (nSPS) is 33.5. The fourth-order valence-corrected chi connectivity index (χ4v) is 4.00. The molecule has 0 aromatic carbocycles. The first-order valence-corrected chi connectivity index (χ1v) is 7.17. The summed E-state index contributed by atoms with van der Waals surface area (Å²) in [6.07, 6.45) is 2.55. The van der Waals surface area contributed by atoms with Gasteiger partial charge in [-0.1, -0.05) is 20.8 Å². The Balaban J connectivity index is 1.91. The van der Waals surface area contributed by atoms with Gasteiger partial charge in [0, 0.05) is 5.41 Å². The predicted molar refractivity (Wildman–Crippen MR) is 74.1 cm³/mol. The summed E-state index contributed by atoms with van der Waals surface area (Å²) >= 11 is 0. The molecule has 1 N–H and O–H groups in total. The van der Waals surface area contributed by atoms with Gasteiger partial charge in [0.05, 0.1) is 12.8 Å². The van der Waals surface area contributed by atoms with Crippen LogP contribution < -0.4 is 5.32 Å². The minimum absolute atomic E-state index is 0.224. The predicted octanol–water partition coefficient (Wildman–Crippen LogP) is 1.86. The lowest BCUT2D eigenvalue weighted by molar-refractivity contribution is -0.149. The van der Waals surface area contributed by atoms with Crippen LogP contribution in [0.5, 0.6) is 0 Å². The van der Waals surface area contributed by atoms with Gasteiger partial charge in [-0.2, -0.15) is 0 Å². The largest absolute Gasteiger partial charge is 0.467 e. The summed E-state index contributed by atoms with van der Waals surface area (Å²) in [4.78, 5) is 37.5. The summed E-state index contributed by atoms with van der Waals surface area (Å²) in [5.74, 6) is -0.663. The highest BCUT2D eigenvalue weighted by molar-refractivity contribution is 6.48. The van der Waals surface area contributed by atoms with E-state index in [0.29, 0.717) is 18.6 Å². The summed E-state index contributed by atoms with van der Waals surface area (Å²) in [5, 5.41) is 2.76. The first-order valence-electron chi connectivity index (χ1n) is 7.17. The average molecular weight is 289 g/mol. The molecule has 2 atom stereocenters. The van der Waals surface area contributed by atoms with Crippen LogP contribution in [0.4, 0.5) is 0 Å². The van der Waals surface area contributed by atoms with E-state index >= 15 is 0 Å². The molecule has 3 rings (SSSR count). The summed E-state index contributed by atoms with van der Waals surface area (Å²) in [5.41, 5.74) is -2.63. The molecule has 21 heavy (non-hydrogen) atoms. The third kappa shape index (κ3) is 1.44. The van der Waals surface area contributed by atoms with Crippen molar-refractivity contribution in [2.24, 2.45) is 16.2 Å². The third-order valence-corrected chi connectivity index (χ3v) is 5.93. The van der Waals surface area contributed by atoms with Crippen molar-refractivity contribution >= 4 is 17.5 Å². The van der Waals surface area contributed by atoms with Crippen molar-refractivity contribution < 1.29 is 18.8 Å². The molecule has 1 aromatic heterocycles. The number of hydrogen-bond donors (Lipinski definition) is 1.